The van der Waals surface area contributed by atoms with Crippen LogP contribution in [0.15, 0.2) is 29.2 Å². The highest BCUT2D eigenvalue weighted by molar-refractivity contribution is 7.89. The molecule has 2 rings (SSSR count). The Bertz CT molecular complexity index is 581. The molecule has 1 fully saturated rings. The minimum Gasteiger partial charge on any atom is -0.316 e. The molecule has 0 atom stereocenters. The van der Waals surface area contributed by atoms with Crippen LogP contribution in [0.5, 0.6) is 0 Å². The lowest BCUT2D eigenvalue weighted by Gasteiger charge is -2.44. The first-order chi connectivity index (χ1) is 9.77. The first kappa shape index (κ1) is 16.4. The Kier molecular flexibility index (Phi) is 4.72. The Morgan fingerprint density at radius 2 is 1.81 bits per heavy atom. The van der Waals surface area contributed by atoms with Crippen molar-refractivity contribution in [1.29, 1.82) is 0 Å². The van der Waals surface area contributed by atoms with Crippen molar-refractivity contribution in [2.24, 2.45) is 0 Å². The maximum atomic E-state index is 12.7. The summed E-state index contributed by atoms with van der Waals surface area (Å²) in [6.07, 6.45) is 0. The van der Waals surface area contributed by atoms with E-state index in [-0.39, 0.29) is 5.54 Å². The number of likely N-dealkylation sites (N-methyl/N-ethyl adjacent to an activating group) is 1. The molecule has 21 heavy (non-hydrogen) atoms. The Balaban J connectivity index is 2.22. The highest BCUT2D eigenvalue weighted by atomic mass is 32.2. The Labute approximate surface area is 128 Å². The predicted octanol–water partition coefficient (Wildman–Crippen LogP) is 1.12. The summed E-state index contributed by atoms with van der Waals surface area (Å²) in [6.45, 7) is 6.70. The Hall–Kier alpha value is -0.950. The fourth-order valence-corrected chi connectivity index (χ4v) is 4.12. The number of benzene rings is 1. The van der Waals surface area contributed by atoms with Crippen LogP contribution in [0.2, 0.25) is 0 Å². The maximum absolute atomic E-state index is 12.7. The van der Waals surface area contributed by atoms with Crippen LogP contribution in [0, 0.1) is 0 Å². The molecule has 1 saturated heterocycles. The second kappa shape index (κ2) is 6.04. The van der Waals surface area contributed by atoms with Crippen LogP contribution < -0.4 is 5.32 Å². The van der Waals surface area contributed by atoms with Crippen LogP contribution >= 0.6 is 0 Å². The third-order valence-corrected chi connectivity index (χ3v) is 6.08. The topological polar surface area (TPSA) is 52.7 Å². The van der Waals surface area contributed by atoms with Crippen molar-refractivity contribution in [3.63, 3.8) is 0 Å². The molecule has 0 saturated carbocycles. The zero-order valence-corrected chi connectivity index (χ0v) is 14.1. The fraction of sp³-hybridized carbons (Fsp3) is 0.600. The molecule has 1 N–H and O–H groups in total. The number of nitrogens with zero attached hydrogens (tertiary/aromatic N) is 2. The van der Waals surface area contributed by atoms with Crippen molar-refractivity contribution in [2.45, 2.75) is 30.8 Å². The summed E-state index contributed by atoms with van der Waals surface area (Å²) in [7, 11) is 0.508. The molecule has 1 heterocycles. The number of nitrogens with one attached hydrogen (secondary N) is 1. The molecule has 6 heteroatoms. The molecule has 0 aliphatic carbocycles. The molecule has 1 aliphatic rings. The normalized spacial score (nSPS) is 20.6. The summed E-state index contributed by atoms with van der Waals surface area (Å²) < 4.78 is 27.1. The number of rotatable bonds is 4. The van der Waals surface area contributed by atoms with Gasteiger partial charge in [0.2, 0.25) is 10.0 Å². The number of hydrogen-bond donors (Lipinski definition) is 1. The van der Waals surface area contributed by atoms with Gasteiger partial charge in [0, 0.05) is 31.7 Å². The van der Waals surface area contributed by atoms with Gasteiger partial charge in [0.1, 0.15) is 0 Å². The summed E-state index contributed by atoms with van der Waals surface area (Å²) in [5, 5.41) is 3.06. The zero-order chi connectivity index (χ0) is 15.7. The zero-order valence-electron chi connectivity index (χ0n) is 13.3. The minimum absolute atomic E-state index is 0.141. The highest BCUT2D eigenvalue weighted by Crippen LogP contribution is 2.24. The van der Waals surface area contributed by atoms with Gasteiger partial charge in [0.25, 0.3) is 0 Å². The molecule has 1 aliphatic heterocycles. The third-order valence-electron chi connectivity index (χ3n) is 4.22. The lowest BCUT2D eigenvalue weighted by atomic mass is 10.0. The van der Waals surface area contributed by atoms with E-state index in [2.05, 4.69) is 24.1 Å². The van der Waals surface area contributed by atoms with Gasteiger partial charge in [-0.05, 0) is 45.6 Å². The van der Waals surface area contributed by atoms with Crippen LogP contribution in [0.1, 0.15) is 19.4 Å². The molecule has 0 aromatic heterocycles. The molecule has 0 spiro atoms. The van der Waals surface area contributed by atoms with Gasteiger partial charge in [-0.15, -0.1) is 0 Å². The third kappa shape index (κ3) is 3.45. The van der Waals surface area contributed by atoms with Gasteiger partial charge in [-0.25, -0.2) is 8.42 Å². The fourth-order valence-electron chi connectivity index (χ4n) is 2.53. The van der Waals surface area contributed by atoms with E-state index in [9.17, 15) is 8.42 Å². The molecule has 5 nitrogen and oxygen atoms in total. The van der Waals surface area contributed by atoms with Gasteiger partial charge < -0.3 is 5.32 Å². The molecule has 0 unspecified atom stereocenters. The van der Waals surface area contributed by atoms with Crippen molar-refractivity contribution in [1.82, 2.24) is 14.5 Å². The van der Waals surface area contributed by atoms with Crippen LogP contribution in [-0.4, -0.2) is 56.9 Å². The van der Waals surface area contributed by atoms with E-state index in [4.69, 9.17) is 0 Å². The molecule has 0 amide bonds. The lowest BCUT2D eigenvalue weighted by molar-refractivity contribution is 0.0801. The number of sulfonamides is 1. The predicted molar refractivity (Wildman–Crippen MR) is 84.7 cm³/mol. The Morgan fingerprint density at radius 3 is 2.33 bits per heavy atom. The lowest BCUT2D eigenvalue weighted by Crippen LogP contribution is -2.58. The summed E-state index contributed by atoms with van der Waals surface area (Å²) in [6, 6.07) is 7.13. The molecule has 1 aromatic carbocycles. The largest absolute Gasteiger partial charge is 0.316 e. The molecule has 118 valence electrons. The van der Waals surface area contributed by atoms with Gasteiger partial charge in [0.05, 0.1) is 4.90 Å². The summed E-state index contributed by atoms with van der Waals surface area (Å²) in [5.74, 6) is 0. The van der Waals surface area contributed by atoms with E-state index in [1.165, 1.54) is 0 Å². The van der Waals surface area contributed by atoms with Crippen LogP contribution in [0.4, 0.5) is 0 Å². The average Bonchev–Trinajstić information content (AvgIpc) is 2.42. The molecule has 0 radical (unpaired) electrons. The van der Waals surface area contributed by atoms with Gasteiger partial charge in [-0.3, -0.25) is 4.90 Å². The first-order valence-electron chi connectivity index (χ1n) is 7.22. The van der Waals surface area contributed by atoms with Crippen LogP contribution in [0.3, 0.4) is 0 Å². The van der Waals surface area contributed by atoms with E-state index >= 15 is 0 Å². The molecular formula is C15H25N3O2S. The van der Waals surface area contributed by atoms with Gasteiger partial charge in [-0.1, -0.05) is 12.1 Å². The SMILES string of the molecule is CNCc1ccc(S(=O)(=O)N2CCN(C)C(C)(C)C2)cc1. The quantitative estimate of drug-likeness (QED) is 0.905. The monoisotopic (exact) mass is 311 g/mol. The maximum Gasteiger partial charge on any atom is 0.243 e. The summed E-state index contributed by atoms with van der Waals surface area (Å²) in [5.41, 5.74) is 0.937. The van der Waals surface area contributed by atoms with Crippen molar-refractivity contribution in [2.75, 3.05) is 33.7 Å². The van der Waals surface area contributed by atoms with Crippen molar-refractivity contribution >= 4 is 10.0 Å². The number of hydrogen-bond acceptors (Lipinski definition) is 4. The molecule has 1 aromatic rings. The molecular weight excluding hydrogens is 286 g/mol. The second-order valence-electron chi connectivity index (χ2n) is 6.25. The summed E-state index contributed by atoms with van der Waals surface area (Å²) >= 11 is 0. The van der Waals surface area contributed by atoms with Crippen LogP contribution in [0.25, 0.3) is 0 Å². The van der Waals surface area contributed by atoms with Gasteiger partial charge in [0.15, 0.2) is 0 Å². The van der Waals surface area contributed by atoms with E-state index in [1.54, 1.807) is 16.4 Å². The summed E-state index contributed by atoms with van der Waals surface area (Å²) in [4.78, 5) is 2.58. The van der Waals surface area contributed by atoms with E-state index in [0.717, 1.165) is 18.7 Å². The second-order valence-corrected chi connectivity index (χ2v) is 8.18. The molecule has 0 bridgehead atoms. The average molecular weight is 311 g/mol. The van der Waals surface area contributed by atoms with E-state index in [1.807, 2.05) is 26.2 Å². The van der Waals surface area contributed by atoms with Gasteiger partial charge in [-0.2, -0.15) is 4.31 Å². The first-order valence-corrected chi connectivity index (χ1v) is 8.66. The minimum atomic E-state index is -3.40. The highest BCUT2D eigenvalue weighted by Gasteiger charge is 2.37. The van der Waals surface area contributed by atoms with Crippen LogP contribution in [-0.2, 0) is 16.6 Å². The van der Waals surface area contributed by atoms with Crippen molar-refractivity contribution in [3.8, 4) is 0 Å². The van der Waals surface area contributed by atoms with Gasteiger partial charge >= 0.3 is 0 Å². The smallest absolute Gasteiger partial charge is 0.243 e. The standard InChI is InChI=1S/C15H25N3O2S/c1-15(2)12-18(10-9-17(15)4)21(19,20)14-7-5-13(6-8-14)11-16-3/h5-8,16H,9-12H2,1-4H3. The van der Waals surface area contributed by atoms with Crippen molar-refractivity contribution < 1.29 is 8.42 Å². The number of piperazine rings is 1. The van der Waals surface area contributed by atoms with E-state index < -0.39 is 10.0 Å². The Morgan fingerprint density at radius 1 is 1.19 bits per heavy atom. The van der Waals surface area contributed by atoms with E-state index in [0.29, 0.717) is 18.0 Å². The van der Waals surface area contributed by atoms with Crippen molar-refractivity contribution in [3.05, 3.63) is 29.8 Å².